The summed E-state index contributed by atoms with van der Waals surface area (Å²) in [4.78, 5) is 32.5. The molecule has 0 aromatic carbocycles. The Kier molecular flexibility index (Phi) is 5.33. The second kappa shape index (κ2) is 7.64. The fraction of sp³-hybridized carbons (Fsp3) is 0.611. The molecule has 1 aliphatic heterocycles. The number of hydrogen-bond donors (Lipinski definition) is 1. The summed E-state index contributed by atoms with van der Waals surface area (Å²) < 4.78 is 0. The van der Waals surface area contributed by atoms with Gasteiger partial charge < -0.3 is 15.5 Å². The third kappa shape index (κ3) is 3.86. The van der Waals surface area contributed by atoms with E-state index >= 15 is 0 Å². The summed E-state index contributed by atoms with van der Waals surface area (Å²) in [5.74, 6) is 0.802. The van der Waals surface area contributed by atoms with E-state index in [1.165, 1.54) is 19.3 Å². The van der Waals surface area contributed by atoms with Gasteiger partial charge >= 0.3 is 0 Å². The van der Waals surface area contributed by atoms with Crippen molar-refractivity contribution in [1.82, 2.24) is 9.88 Å². The van der Waals surface area contributed by atoms with Crippen molar-refractivity contribution in [3.63, 3.8) is 0 Å². The molecule has 1 aliphatic carbocycles. The molecule has 3 rings (SSSR count). The van der Waals surface area contributed by atoms with Gasteiger partial charge in [-0.15, -0.1) is 0 Å². The van der Waals surface area contributed by atoms with Crippen LogP contribution in [0.5, 0.6) is 0 Å². The molecule has 130 valence electrons. The van der Waals surface area contributed by atoms with Crippen molar-refractivity contribution in [2.24, 2.45) is 11.7 Å². The highest BCUT2D eigenvalue weighted by Gasteiger charge is 2.27. The molecule has 0 spiro atoms. The molecule has 0 bridgehead atoms. The van der Waals surface area contributed by atoms with Gasteiger partial charge in [-0.1, -0.05) is 25.3 Å². The maximum atomic E-state index is 12.7. The molecule has 6 heteroatoms. The second-order valence-corrected chi connectivity index (χ2v) is 6.75. The van der Waals surface area contributed by atoms with Gasteiger partial charge in [0.05, 0.1) is 0 Å². The third-order valence-electron chi connectivity index (χ3n) is 5.07. The third-order valence-corrected chi connectivity index (χ3v) is 5.07. The van der Waals surface area contributed by atoms with Gasteiger partial charge in [-0.3, -0.25) is 9.59 Å². The Morgan fingerprint density at radius 2 is 1.79 bits per heavy atom. The maximum absolute atomic E-state index is 12.7. The Bertz CT molecular complexity index is 598. The first-order chi connectivity index (χ1) is 11.6. The van der Waals surface area contributed by atoms with Crippen LogP contribution in [0.4, 0.5) is 5.82 Å². The van der Waals surface area contributed by atoms with Crippen LogP contribution in [0.15, 0.2) is 18.2 Å². The van der Waals surface area contributed by atoms with Gasteiger partial charge in [0, 0.05) is 32.1 Å². The highest BCUT2D eigenvalue weighted by Crippen LogP contribution is 2.26. The molecule has 0 unspecified atom stereocenters. The lowest BCUT2D eigenvalue weighted by atomic mass is 9.88. The number of primary amides is 1. The van der Waals surface area contributed by atoms with E-state index in [1.54, 1.807) is 12.1 Å². The van der Waals surface area contributed by atoms with Gasteiger partial charge in [0.1, 0.15) is 11.5 Å². The maximum Gasteiger partial charge on any atom is 0.267 e. The Morgan fingerprint density at radius 3 is 2.54 bits per heavy atom. The molecular formula is C18H26N4O2. The van der Waals surface area contributed by atoms with Gasteiger partial charge in [-0.2, -0.15) is 0 Å². The average molecular weight is 330 g/mol. The highest BCUT2D eigenvalue weighted by atomic mass is 16.2. The second-order valence-electron chi connectivity index (χ2n) is 6.75. The van der Waals surface area contributed by atoms with E-state index in [9.17, 15) is 9.59 Å². The number of carbonyl (C=O) groups is 2. The molecule has 1 saturated carbocycles. The molecule has 2 aliphatic rings. The quantitative estimate of drug-likeness (QED) is 0.916. The predicted molar refractivity (Wildman–Crippen MR) is 92.7 cm³/mol. The zero-order valence-electron chi connectivity index (χ0n) is 14.1. The Hall–Kier alpha value is -2.11. The van der Waals surface area contributed by atoms with Crippen molar-refractivity contribution < 1.29 is 9.59 Å². The molecule has 2 amide bonds. The monoisotopic (exact) mass is 330 g/mol. The van der Waals surface area contributed by atoms with Crippen LogP contribution in [0.1, 0.15) is 49.0 Å². The molecule has 1 aromatic heterocycles. The van der Waals surface area contributed by atoms with Crippen LogP contribution < -0.4 is 10.6 Å². The molecule has 0 atom stereocenters. The minimum absolute atomic E-state index is 0.224. The van der Waals surface area contributed by atoms with Crippen molar-refractivity contribution in [2.75, 3.05) is 31.1 Å². The number of pyridine rings is 1. The molecule has 1 saturated heterocycles. The highest BCUT2D eigenvalue weighted by molar-refractivity contribution is 5.91. The van der Waals surface area contributed by atoms with Crippen LogP contribution >= 0.6 is 0 Å². The number of amides is 2. The first kappa shape index (κ1) is 16.7. The number of aromatic nitrogens is 1. The number of hydrogen-bond acceptors (Lipinski definition) is 4. The average Bonchev–Trinajstić information content (AvgIpc) is 2.88. The first-order valence-electron chi connectivity index (χ1n) is 8.96. The summed E-state index contributed by atoms with van der Waals surface area (Å²) in [6, 6.07) is 5.33. The topological polar surface area (TPSA) is 79.5 Å². The minimum atomic E-state index is -0.513. The van der Waals surface area contributed by atoms with Crippen LogP contribution in [0.2, 0.25) is 0 Å². The van der Waals surface area contributed by atoms with Gasteiger partial charge in [0.15, 0.2) is 0 Å². The number of anilines is 1. The Labute approximate surface area is 143 Å². The van der Waals surface area contributed by atoms with Crippen LogP contribution in [0.3, 0.4) is 0 Å². The fourth-order valence-electron chi connectivity index (χ4n) is 3.71. The largest absolute Gasteiger partial charge is 0.364 e. The molecular weight excluding hydrogens is 304 g/mol. The number of nitrogens with zero attached hydrogens (tertiary/aromatic N) is 3. The Balaban J connectivity index is 1.63. The molecule has 1 aromatic rings. The van der Waals surface area contributed by atoms with Crippen molar-refractivity contribution in [3.8, 4) is 0 Å². The molecule has 2 heterocycles. The predicted octanol–water partition coefficient (Wildman–Crippen LogP) is 1.80. The van der Waals surface area contributed by atoms with E-state index in [4.69, 9.17) is 5.73 Å². The lowest BCUT2D eigenvalue weighted by Gasteiger charge is -2.28. The van der Waals surface area contributed by atoms with Gasteiger partial charge in [-0.25, -0.2) is 4.98 Å². The normalized spacial score (nSPS) is 19.8. The fourth-order valence-corrected chi connectivity index (χ4v) is 3.71. The van der Waals surface area contributed by atoms with E-state index in [0.29, 0.717) is 5.91 Å². The molecule has 0 radical (unpaired) electrons. The summed E-state index contributed by atoms with van der Waals surface area (Å²) in [6.07, 6.45) is 6.63. The summed E-state index contributed by atoms with van der Waals surface area (Å²) in [6.45, 7) is 3.11. The van der Waals surface area contributed by atoms with Crippen LogP contribution in [0.25, 0.3) is 0 Å². The summed E-state index contributed by atoms with van der Waals surface area (Å²) in [5.41, 5.74) is 5.60. The molecule has 6 nitrogen and oxygen atoms in total. The van der Waals surface area contributed by atoms with Crippen LogP contribution in [-0.4, -0.2) is 47.9 Å². The number of rotatable bonds is 3. The number of carbonyl (C=O) groups excluding carboxylic acids is 2. The summed E-state index contributed by atoms with van der Waals surface area (Å²) in [7, 11) is 0. The smallest absolute Gasteiger partial charge is 0.267 e. The zero-order valence-corrected chi connectivity index (χ0v) is 14.1. The standard InChI is InChI=1S/C18H26N4O2/c19-17(23)15-8-4-9-16(20-15)21-10-5-11-22(13-12-21)18(24)14-6-2-1-3-7-14/h4,8-9,14H,1-3,5-7,10-13H2,(H2,19,23). The molecule has 24 heavy (non-hydrogen) atoms. The van der Waals surface area contributed by atoms with E-state index in [0.717, 1.165) is 51.3 Å². The SMILES string of the molecule is NC(=O)c1cccc(N2CCCN(C(=O)C3CCCCC3)CC2)n1. The zero-order chi connectivity index (χ0) is 16.9. The van der Waals surface area contributed by atoms with Crippen molar-refractivity contribution in [3.05, 3.63) is 23.9 Å². The lowest BCUT2D eigenvalue weighted by Crippen LogP contribution is -2.39. The lowest BCUT2D eigenvalue weighted by molar-refractivity contribution is -0.136. The Morgan fingerprint density at radius 1 is 1.00 bits per heavy atom. The van der Waals surface area contributed by atoms with E-state index in [2.05, 4.69) is 9.88 Å². The van der Waals surface area contributed by atoms with Crippen LogP contribution in [0, 0.1) is 5.92 Å². The molecule has 2 N–H and O–H groups in total. The first-order valence-corrected chi connectivity index (χ1v) is 8.96. The van der Waals surface area contributed by atoms with Gasteiger partial charge in [0.2, 0.25) is 5.91 Å². The van der Waals surface area contributed by atoms with E-state index in [1.807, 2.05) is 11.0 Å². The van der Waals surface area contributed by atoms with Gasteiger partial charge in [0.25, 0.3) is 5.91 Å². The van der Waals surface area contributed by atoms with E-state index < -0.39 is 5.91 Å². The number of nitrogens with two attached hydrogens (primary N) is 1. The van der Waals surface area contributed by atoms with Crippen LogP contribution in [-0.2, 0) is 4.79 Å². The summed E-state index contributed by atoms with van der Waals surface area (Å²) in [5, 5.41) is 0. The van der Waals surface area contributed by atoms with E-state index in [-0.39, 0.29) is 11.6 Å². The minimum Gasteiger partial charge on any atom is -0.364 e. The van der Waals surface area contributed by atoms with Crippen molar-refractivity contribution in [2.45, 2.75) is 38.5 Å². The van der Waals surface area contributed by atoms with Crippen molar-refractivity contribution >= 4 is 17.6 Å². The summed E-state index contributed by atoms with van der Waals surface area (Å²) >= 11 is 0. The van der Waals surface area contributed by atoms with Crippen molar-refractivity contribution in [1.29, 1.82) is 0 Å². The van der Waals surface area contributed by atoms with Gasteiger partial charge in [-0.05, 0) is 31.4 Å². The molecule has 2 fully saturated rings.